The van der Waals surface area contributed by atoms with Crippen LogP contribution in [0.2, 0.25) is 0 Å². The molecule has 0 unspecified atom stereocenters. The first-order valence-electron chi connectivity index (χ1n) is 4.84. The predicted molar refractivity (Wildman–Crippen MR) is 47.6 cm³/mol. The van der Waals surface area contributed by atoms with E-state index in [0.29, 0.717) is 12.8 Å². The average molecular weight is 198 g/mol. The Kier molecular flexibility index (Phi) is 2.10. The van der Waals surface area contributed by atoms with Gasteiger partial charge in [-0.05, 0) is 19.8 Å². The van der Waals surface area contributed by atoms with Crippen molar-refractivity contribution >= 4 is 11.8 Å². The molecule has 0 aliphatic carbocycles. The first-order valence-corrected chi connectivity index (χ1v) is 4.84. The fourth-order valence-corrected chi connectivity index (χ4v) is 2.35. The number of rotatable bonds is 1. The maximum atomic E-state index is 11.5. The van der Waals surface area contributed by atoms with Crippen molar-refractivity contribution < 1.29 is 19.1 Å². The van der Waals surface area contributed by atoms with Gasteiger partial charge in [-0.1, -0.05) is 0 Å². The zero-order valence-electron chi connectivity index (χ0n) is 8.41. The first-order chi connectivity index (χ1) is 6.56. The second-order valence-corrected chi connectivity index (χ2v) is 4.29. The molecular weight excluding hydrogens is 184 g/mol. The molecule has 2 bridgehead atoms. The highest BCUT2D eigenvalue weighted by Gasteiger charge is 2.53. The molecule has 0 amide bonds. The van der Waals surface area contributed by atoms with Crippen LogP contribution in [0, 0.1) is 5.92 Å². The molecule has 0 aromatic carbocycles. The molecule has 2 heterocycles. The summed E-state index contributed by atoms with van der Waals surface area (Å²) < 4.78 is 10.2. The van der Waals surface area contributed by atoms with Gasteiger partial charge in [0, 0.05) is 6.42 Å². The number of carbonyl (C=O) groups excluding carboxylic acids is 2. The summed E-state index contributed by atoms with van der Waals surface area (Å²) in [4.78, 5) is 22.9. The van der Waals surface area contributed by atoms with E-state index in [1.807, 2.05) is 6.92 Å². The van der Waals surface area contributed by atoms with Crippen LogP contribution in [0.4, 0.5) is 0 Å². The number of ether oxygens (including phenoxy) is 2. The average Bonchev–Trinajstić information content (AvgIpc) is 2.47. The number of carbonyl (C=O) groups is 2. The maximum Gasteiger partial charge on any atom is 0.311 e. The summed E-state index contributed by atoms with van der Waals surface area (Å²) in [5, 5.41) is 0. The zero-order chi connectivity index (χ0) is 10.3. The van der Waals surface area contributed by atoms with E-state index >= 15 is 0 Å². The summed E-state index contributed by atoms with van der Waals surface area (Å²) in [5.41, 5.74) is -0.294. The lowest BCUT2D eigenvalue weighted by Gasteiger charge is -2.28. The first kappa shape index (κ1) is 9.65. The minimum absolute atomic E-state index is 0.0374. The van der Waals surface area contributed by atoms with E-state index in [1.165, 1.54) is 7.11 Å². The maximum absolute atomic E-state index is 11.5. The number of Topliss-reactive ketones (excluding diaryl/α,β-unsaturated/α-hetero) is 1. The molecule has 2 aliphatic rings. The number of hydrogen-bond donors (Lipinski definition) is 0. The Labute approximate surface area is 82.6 Å². The van der Waals surface area contributed by atoms with Crippen molar-refractivity contribution in [2.45, 2.75) is 37.9 Å². The van der Waals surface area contributed by atoms with Crippen molar-refractivity contribution in [1.82, 2.24) is 0 Å². The van der Waals surface area contributed by atoms with Gasteiger partial charge >= 0.3 is 5.97 Å². The smallest absolute Gasteiger partial charge is 0.311 e. The van der Waals surface area contributed by atoms with E-state index < -0.39 is 6.10 Å². The van der Waals surface area contributed by atoms with E-state index in [-0.39, 0.29) is 23.3 Å². The van der Waals surface area contributed by atoms with Crippen LogP contribution < -0.4 is 0 Å². The van der Waals surface area contributed by atoms with Crippen LogP contribution >= 0.6 is 0 Å². The second kappa shape index (κ2) is 3.05. The predicted octanol–water partition coefficient (Wildman–Crippen LogP) is 0.686. The Morgan fingerprint density at radius 3 is 3.00 bits per heavy atom. The van der Waals surface area contributed by atoms with Gasteiger partial charge in [-0.25, -0.2) is 0 Å². The lowest BCUT2D eigenvalue weighted by Crippen LogP contribution is -2.37. The highest BCUT2D eigenvalue weighted by atomic mass is 16.5. The quantitative estimate of drug-likeness (QED) is 0.581. The monoisotopic (exact) mass is 198 g/mol. The fourth-order valence-electron chi connectivity index (χ4n) is 2.35. The lowest BCUT2D eigenvalue weighted by molar-refractivity contribution is -0.155. The van der Waals surface area contributed by atoms with Crippen LogP contribution in [-0.4, -0.2) is 30.6 Å². The molecule has 0 N–H and O–H groups in total. The number of ketones is 1. The van der Waals surface area contributed by atoms with E-state index in [1.54, 1.807) is 0 Å². The van der Waals surface area contributed by atoms with E-state index in [9.17, 15) is 9.59 Å². The van der Waals surface area contributed by atoms with Crippen LogP contribution in [0.3, 0.4) is 0 Å². The van der Waals surface area contributed by atoms with Crippen molar-refractivity contribution in [3.05, 3.63) is 0 Å². The Morgan fingerprint density at radius 1 is 1.64 bits per heavy atom. The summed E-state index contributed by atoms with van der Waals surface area (Å²) in [5.74, 6) is -0.677. The molecule has 2 saturated heterocycles. The van der Waals surface area contributed by atoms with E-state index in [4.69, 9.17) is 4.74 Å². The van der Waals surface area contributed by atoms with E-state index in [2.05, 4.69) is 4.74 Å². The van der Waals surface area contributed by atoms with Gasteiger partial charge in [-0.3, -0.25) is 9.59 Å². The van der Waals surface area contributed by atoms with Crippen LogP contribution in [0.5, 0.6) is 0 Å². The highest BCUT2D eigenvalue weighted by Crippen LogP contribution is 2.43. The standard InChI is InChI=1S/C10H14O4/c1-10-4-3-7(11)8(14-10)6(5-10)9(12)13-2/h6,8H,3-5H2,1-2H3/t6-,8-,10-/m1/s1. The Balaban J connectivity index is 2.22. The summed E-state index contributed by atoms with van der Waals surface area (Å²) in [6.45, 7) is 1.95. The molecule has 2 rings (SSSR count). The van der Waals surface area contributed by atoms with Gasteiger partial charge in [0.25, 0.3) is 0 Å². The third-order valence-corrected chi connectivity index (χ3v) is 3.15. The fraction of sp³-hybridized carbons (Fsp3) is 0.800. The van der Waals surface area contributed by atoms with Gasteiger partial charge in [0.05, 0.1) is 18.6 Å². The molecule has 0 saturated carbocycles. The SMILES string of the molecule is COC(=O)[C@@H]1C[C@@]2(C)CCC(=O)[C@@H]1O2. The molecular formula is C10H14O4. The normalized spacial score (nSPS) is 41.1. The van der Waals surface area contributed by atoms with Crippen molar-refractivity contribution in [2.24, 2.45) is 5.92 Å². The van der Waals surface area contributed by atoms with Crippen LogP contribution in [0.15, 0.2) is 0 Å². The van der Waals surface area contributed by atoms with Gasteiger partial charge in [-0.2, -0.15) is 0 Å². The molecule has 4 nitrogen and oxygen atoms in total. The summed E-state index contributed by atoms with van der Waals surface area (Å²) in [6.07, 6.45) is 1.29. The van der Waals surface area contributed by atoms with Crippen molar-refractivity contribution in [1.29, 1.82) is 0 Å². The third-order valence-electron chi connectivity index (χ3n) is 3.15. The van der Waals surface area contributed by atoms with Gasteiger partial charge in [-0.15, -0.1) is 0 Å². The van der Waals surface area contributed by atoms with Gasteiger partial charge in [0.2, 0.25) is 0 Å². The summed E-state index contributed by atoms with van der Waals surface area (Å²) in [6, 6.07) is 0. The Bertz CT molecular complexity index is 286. The van der Waals surface area contributed by atoms with Crippen LogP contribution in [-0.2, 0) is 19.1 Å². The summed E-state index contributed by atoms with van der Waals surface area (Å²) >= 11 is 0. The lowest BCUT2D eigenvalue weighted by atomic mass is 9.94. The van der Waals surface area contributed by atoms with Gasteiger partial charge < -0.3 is 9.47 Å². The van der Waals surface area contributed by atoms with E-state index in [0.717, 1.165) is 6.42 Å². The Morgan fingerprint density at radius 2 is 2.36 bits per heavy atom. The molecule has 14 heavy (non-hydrogen) atoms. The second-order valence-electron chi connectivity index (χ2n) is 4.29. The molecule has 0 radical (unpaired) electrons. The Hall–Kier alpha value is -0.900. The molecule has 0 aromatic rings. The van der Waals surface area contributed by atoms with Gasteiger partial charge in [0.1, 0.15) is 6.10 Å². The zero-order valence-corrected chi connectivity index (χ0v) is 8.41. The number of esters is 1. The topological polar surface area (TPSA) is 52.6 Å². The molecule has 0 spiro atoms. The van der Waals surface area contributed by atoms with Crippen molar-refractivity contribution in [3.8, 4) is 0 Å². The molecule has 3 atom stereocenters. The molecule has 78 valence electrons. The molecule has 4 heteroatoms. The molecule has 0 aromatic heterocycles. The molecule has 2 fully saturated rings. The molecule has 2 aliphatic heterocycles. The van der Waals surface area contributed by atoms with Crippen LogP contribution in [0.25, 0.3) is 0 Å². The number of methoxy groups -OCH3 is 1. The largest absolute Gasteiger partial charge is 0.469 e. The van der Waals surface area contributed by atoms with Crippen molar-refractivity contribution in [2.75, 3.05) is 7.11 Å². The summed E-state index contributed by atoms with van der Waals surface area (Å²) in [7, 11) is 1.34. The minimum Gasteiger partial charge on any atom is -0.469 e. The third kappa shape index (κ3) is 1.34. The van der Waals surface area contributed by atoms with Gasteiger partial charge in [0.15, 0.2) is 5.78 Å². The highest BCUT2D eigenvalue weighted by molar-refractivity contribution is 5.90. The van der Waals surface area contributed by atoms with Crippen LogP contribution in [0.1, 0.15) is 26.2 Å². The number of hydrogen-bond acceptors (Lipinski definition) is 4. The number of fused-ring (bicyclic) bond motifs is 2. The minimum atomic E-state index is -0.554. The van der Waals surface area contributed by atoms with Crippen molar-refractivity contribution in [3.63, 3.8) is 0 Å².